The smallest absolute Gasteiger partial charge is 0.0319 e. The monoisotopic (exact) mass is 625 g/mol. The van der Waals surface area contributed by atoms with E-state index in [0.717, 1.165) is 34.9 Å². The van der Waals surface area contributed by atoms with Gasteiger partial charge in [-0.1, -0.05) is 191 Å². The van der Waals surface area contributed by atoms with Crippen LogP contribution in [0.4, 0.5) is 0 Å². The van der Waals surface area contributed by atoms with Gasteiger partial charge in [0, 0.05) is 39.3 Å². The molecule has 0 heterocycles. The lowest BCUT2D eigenvalue weighted by molar-refractivity contribution is 0.393. The van der Waals surface area contributed by atoms with Gasteiger partial charge in [-0.15, -0.1) is 0 Å². The van der Waals surface area contributed by atoms with Crippen LogP contribution >= 0.6 is 0 Å². The van der Waals surface area contributed by atoms with Crippen molar-refractivity contribution in [3.63, 3.8) is 0 Å². The average molecular weight is 625 g/mol. The quantitative estimate of drug-likeness (QED) is 0.172. The largest absolute Gasteiger partial charge is 0.400 e. The molecule has 0 aliphatic carbocycles. The van der Waals surface area contributed by atoms with Crippen LogP contribution in [-0.2, 0) is 10.8 Å². The first kappa shape index (κ1) is 51.3. The molecule has 0 radical (unpaired) electrons. The summed E-state index contributed by atoms with van der Waals surface area (Å²) in [4.78, 5) is 0. The fourth-order valence-electron chi connectivity index (χ4n) is 4.67. The number of aliphatic hydroxyl groups is 4. The second kappa shape index (κ2) is 36.9. The zero-order valence-corrected chi connectivity index (χ0v) is 31.0. The van der Waals surface area contributed by atoms with E-state index in [-0.39, 0.29) is 10.8 Å². The highest BCUT2D eigenvalue weighted by molar-refractivity contribution is 5.45. The molecule has 4 nitrogen and oxygen atoms in total. The van der Waals surface area contributed by atoms with Crippen LogP contribution in [-0.4, -0.2) is 48.9 Å². The zero-order valence-electron chi connectivity index (χ0n) is 31.0. The van der Waals surface area contributed by atoms with Crippen molar-refractivity contribution in [2.45, 2.75) is 86.5 Å². The maximum absolute atomic E-state index is 7.00. The second-order valence-corrected chi connectivity index (χ2v) is 8.31. The van der Waals surface area contributed by atoms with Gasteiger partial charge in [-0.2, -0.15) is 0 Å². The van der Waals surface area contributed by atoms with Gasteiger partial charge >= 0.3 is 0 Å². The predicted molar refractivity (Wildman–Crippen MR) is 201 cm³/mol. The fourth-order valence-corrected chi connectivity index (χ4v) is 4.67. The summed E-state index contributed by atoms with van der Waals surface area (Å²) in [5, 5.41) is 28.0. The van der Waals surface area contributed by atoms with Gasteiger partial charge in [-0.25, -0.2) is 0 Å². The molecule has 0 unspecified atom stereocenters. The maximum atomic E-state index is 7.00. The van der Waals surface area contributed by atoms with E-state index in [9.17, 15) is 0 Å². The van der Waals surface area contributed by atoms with Crippen LogP contribution in [0.5, 0.6) is 0 Å². The molecule has 0 aliphatic rings. The molecule has 45 heavy (non-hydrogen) atoms. The third kappa shape index (κ3) is 17.7. The van der Waals surface area contributed by atoms with Crippen molar-refractivity contribution >= 4 is 0 Å². The van der Waals surface area contributed by atoms with E-state index in [2.05, 4.69) is 135 Å². The van der Waals surface area contributed by atoms with E-state index in [0.29, 0.717) is 0 Å². The topological polar surface area (TPSA) is 80.9 Å². The lowest BCUT2D eigenvalue weighted by Gasteiger charge is -2.41. The minimum Gasteiger partial charge on any atom is -0.400 e. The van der Waals surface area contributed by atoms with Gasteiger partial charge in [0.15, 0.2) is 0 Å². The van der Waals surface area contributed by atoms with Crippen LogP contribution in [0.15, 0.2) is 121 Å². The van der Waals surface area contributed by atoms with Crippen LogP contribution in [0.3, 0.4) is 0 Å². The van der Waals surface area contributed by atoms with Crippen LogP contribution < -0.4 is 0 Å². The molecule has 0 aliphatic heterocycles. The first-order valence-electron chi connectivity index (χ1n) is 16.1. The first-order chi connectivity index (χ1) is 22.1. The number of rotatable bonds is 6. The van der Waals surface area contributed by atoms with E-state index in [1.807, 2.05) is 55.4 Å². The maximum Gasteiger partial charge on any atom is 0.0319 e. The number of aliphatic hydroxyl groups excluding tert-OH is 4. The van der Waals surface area contributed by atoms with Crippen molar-refractivity contribution in [3.05, 3.63) is 144 Å². The molecular weight excluding hydrogens is 556 g/mol. The number of benzene rings is 4. The summed E-state index contributed by atoms with van der Waals surface area (Å²) in [6.07, 6.45) is 0.974. The van der Waals surface area contributed by atoms with Crippen LogP contribution in [0.2, 0.25) is 0 Å². The van der Waals surface area contributed by atoms with E-state index in [1.54, 1.807) is 0 Å². The van der Waals surface area contributed by atoms with Gasteiger partial charge in [-0.05, 0) is 28.7 Å². The minimum atomic E-state index is -0.122. The fraction of sp³-hybridized carbons (Fsp3) is 0.415. The van der Waals surface area contributed by atoms with E-state index in [1.165, 1.54) is 22.3 Å². The summed E-state index contributed by atoms with van der Waals surface area (Å²) in [7, 11) is 4.00. The molecule has 0 spiro atoms. The van der Waals surface area contributed by atoms with Crippen molar-refractivity contribution in [3.8, 4) is 0 Å². The molecular formula is C41H68O4. The standard InChI is InChI=1S/C29H28.4C2H6.4CH4O/c1-28(24-15-7-3-8-16-24,25-17-9-4-10-18-25)23-29(2,26-19-11-5-12-20-26)27-21-13-6-14-22-27;8*1-2/h3-22H,23H2,1-2H3;4*1-2H3;4*2H,1H3. The summed E-state index contributed by atoms with van der Waals surface area (Å²) in [5.74, 6) is 0. The average Bonchev–Trinajstić information content (AvgIpc) is 3.19. The Hall–Kier alpha value is -3.28. The summed E-state index contributed by atoms with van der Waals surface area (Å²) in [6.45, 7) is 20.8. The molecule has 0 aromatic heterocycles. The Kier molecular flexibility index (Phi) is 42.1. The molecule has 4 aromatic rings. The molecule has 4 N–H and O–H groups in total. The Labute approximate surface area is 278 Å². The van der Waals surface area contributed by atoms with E-state index >= 15 is 0 Å². The highest BCUT2D eigenvalue weighted by Crippen LogP contribution is 2.46. The molecule has 4 rings (SSSR count). The van der Waals surface area contributed by atoms with Crippen LogP contribution in [0.25, 0.3) is 0 Å². The molecule has 0 bridgehead atoms. The SMILES string of the molecule is CC.CC.CC.CC.CC(CC(C)(c1ccccc1)c1ccccc1)(c1ccccc1)c1ccccc1.CO.CO.CO.CO. The van der Waals surface area contributed by atoms with Gasteiger partial charge in [0.05, 0.1) is 0 Å². The molecule has 0 fully saturated rings. The van der Waals surface area contributed by atoms with Crippen molar-refractivity contribution in [1.82, 2.24) is 0 Å². The van der Waals surface area contributed by atoms with E-state index in [4.69, 9.17) is 20.4 Å². The lowest BCUT2D eigenvalue weighted by Crippen LogP contribution is -2.36. The third-order valence-electron chi connectivity index (χ3n) is 6.35. The van der Waals surface area contributed by atoms with Gasteiger partial charge in [0.2, 0.25) is 0 Å². The number of hydrogen-bond acceptors (Lipinski definition) is 4. The molecule has 0 amide bonds. The molecule has 4 heteroatoms. The Balaban J connectivity index is -0.000000291. The summed E-state index contributed by atoms with van der Waals surface area (Å²) >= 11 is 0. The van der Waals surface area contributed by atoms with Gasteiger partial charge in [0.25, 0.3) is 0 Å². The Morgan fingerprint density at radius 3 is 0.578 bits per heavy atom. The summed E-state index contributed by atoms with van der Waals surface area (Å²) in [5.41, 5.74) is 5.16. The van der Waals surface area contributed by atoms with Crippen LogP contribution in [0.1, 0.15) is 97.9 Å². The van der Waals surface area contributed by atoms with E-state index < -0.39 is 0 Å². The molecule has 4 aromatic carbocycles. The zero-order chi connectivity index (χ0) is 36.2. The molecule has 0 atom stereocenters. The highest BCUT2D eigenvalue weighted by atomic mass is 16.2. The Bertz CT molecular complexity index is 872. The predicted octanol–water partition coefficient (Wildman–Crippen LogP) is 9.93. The van der Waals surface area contributed by atoms with Crippen molar-refractivity contribution < 1.29 is 20.4 Å². The Morgan fingerprint density at radius 1 is 0.311 bits per heavy atom. The molecule has 256 valence electrons. The number of hydrogen-bond donors (Lipinski definition) is 4. The normalized spacial score (nSPS) is 8.76. The third-order valence-corrected chi connectivity index (χ3v) is 6.35. The van der Waals surface area contributed by atoms with Gasteiger partial charge < -0.3 is 20.4 Å². The molecule has 0 saturated heterocycles. The Morgan fingerprint density at radius 2 is 0.444 bits per heavy atom. The second-order valence-electron chi connectivity index (χ2n) is 8.31. The molecule has 0 saturated carbocycles. The van der Waals surface area contributed by atoms with Crippen molar-refractivity contribution in [2.24, 2.45) is 0 Å². The van der Waals surface area contributed by atoms with Gasteiger partial charge in [0.1, 0.15) is 0 Å². The lowest BCUT2D eigenvalue weighted by atomic mass is 9.61. The van der Waals surface area contributed by atoms with Gasteiger partial charge in [-0.3, -0.25) is 0 Å². The van der Waals surface area contributed by atoms with Crippen LogP contribution in [0, 0.1) is 0 Å². The van der Waals surface area contributed by atoms with Crippen molar-refractivity contribution in [2.75, 3.05) is 28.4 Å². The minimum absolute atomic E-state index is 0.122. The summed E-state index contributed by atoms with van der Waals surface area (Å²) in [6, 6.07) is 43.8. The summed E-state index contributed by atoms with van der Waals surface area (Å²) < 4.78 is 0. The first-order valence-corrected chi connectivity index (χ1v) is 16.1. The van der Waals surface area contributed by atoms with Crippen molar-refractivity contribution in [1.29, 1.82) is 0 Å². The highest BCUT2D eigenvalue weighted by Gasteiger charge is 2.39.